The first-order valence-corrected chi connectivity index (χ1v) is 15.9. The fraction of sp³-hybridized carbons (Fsp3) is 0.237. The number of anilines is 1. The highest BCUT2D eigenvalue weighted by molar-refractivity contribution is 6.03. The summed E-state index contributed by atoms with van der Waals surface area (Å²) in [6, 6.07) is 31.7. The number of hydrogen-bond acceptors (Lipinski definition) is 9. The van der Waals surface area contributed by atoms with Crippen LogP contribution in [0.1, 0.15) is 22.1 Å². The number of hydrogen-bond donors (Lipinski definition) is 3. The van der Waals surface area contributed by atoms with Crippen LogP contribution in [0.3, 0.4) is 0 Å². The molecule has 1 aromatic heterocycles. The number of nitrogens with one attached hydrogen (secondary N) is 2. The van der Waals surface area contributed by atoms with Crippen LogP contribution in [-0.2, 0) is 16.1 Å². The number of aliphatic hydroxyl groups excluding tert-OH is 1. The molecule has 0 radical (unpaired) electrons. The average Bonchev–Trinajstić information content (AvgIpc) is 3.60. The number of carbonyl (C=O) groups excluding carboxylic acids is 1. The van der Waals surface area contributed by atoms with E-state index in [4.69, 9.17) is 18.9 Å². The van der Waals surface area contributed by atoms with Crippen LogP contribution in [-0.4, -0.2) is 65.7 Å². The van der Waals surface area contributed by atoms with Crippen molar-refractivity contribution in [2.45, 2.75) is 30.6 Å². The largest absolute Gasteiger partial charge is 0.497 e. The number of carbonyl (C=O) groups is 1. The molecule has 4 atom stereocenters. The minimum absolute atomic E-state index is 0.0871. The summed E-state index contributed by atoms with van der Waals surface area (Å²) in [5, 5.41) is 17.2. The normalized spacial score (nSPS) is 21.0. The van der Waals surface area contributed by atoms with Crippen molar-refractivity contribution in [2.75, 3.05) is 32.7 Å². The van der Waals surface area contributed by atoms with E-state index in [-0.39, 0.29) is 24.9 Å². The molecule has 2 fully saturated rings. The molecule has 1 amide bonds. The molecule has 0 saturated carbocycles. The Kier molecular flexibility index (Phi) is 8.98. The number of rotatable bonds is 11. The first-order valence-electron chi connectivity index (χ1n) is 15.9. The number of benzene rings is 4. The second-order valence-corrected chi connectivity index (χ2v) is 12.1. The van der Waals surface area contributed by atoms with Gasteiger partial charge in [-0.2, -0.15) is 4.98 Å². The van der Waals surface area contributed by atoms with E-state index in [0.717, 1.165) is 39.3 Å². The fourth-order valence-corrected chi connectivity index (χ4v) is 6.41. The fourth-order valence-electron chi connectivity index (χ4n) is 6.41. The standard InChI is InChI=1S/C38H36N4O7/c1-46-29-14-10-24(11-15-29)27-8-9-28(31(20-27)25-12-16-30(47-2)17-13-25)21-48-23-38-22-39-33(34(38)43)36(49-38)42-19-18-32(41-37(42)45)40-35(44)26-6-4-3-5-7-26/h3-20,33-34,36,39,43H,21-23H2,1-2H3,(H,40,41,44,45)/t33-,34+,36-,38-/m1/s1. The lowest BCUT2D eigenvalue weighted by atomic mass is 9.94. The number of fused-ring (bicyclic) bond motifs is 2. The van der Waals surface area contributed by atoms with E-state index in [2.05, 4.69) is 27.8 Å². The molecule has 2 aliphatic rings. The molecule has 0 unspecified atom stereocenters. The second-order valence-electron chi connectivity index (χ2n) is 12.1. The van der Waals surface area contributed by atoms with Crippen LogP contribution in [0.15, 0.2) is 114 Å². The van der Waals surface area contributed by atoms with E-state index < -0.39 is 29.7 Å². The smallest absolute Gasteiger partial charge is 0.351 e. The van der Waals surface area contributed by atoms with Crippen molar-refractivity contribution in [2.24, 2.45) is 0 Å². The van der Waals surface area contributed by atoms with Crippen molar-refractivity contribution in [3.8, 4) is 33.8 Å². The van der Waals surface area contributed by atoms with E-state index in [1.807, 2.05) is 60.7 Å². The molecule has 11 heteroatoms. The Balaban J connectivity index is 1.07. The number of aromatic nitrogens is 2. The lowest BCUT2D eigenvalue weighted by Gasteiger charge is -2.31. The van der Waals surface area contributed by atoms with E-state index in [1.165, 1.54) is 16.8 Å². The molecule has 5 aromatic rings. The topological polar surface area (TPSA) is 133 Å². The van der Waals surface area contributed by atoms with Gasteiger partial charge in [-0.25, -0.2) is 4.79 Å². The lowest BCUT2D eigenvalue weighted by molar-refractivity contribution is -0.146. The maximum absolute atomic E-state index is 13.1. The molecule has 4 aromatic carbocycles. The third kappa shape index (κ3) is 6.44. The zero-order chi connectivity index (χ0) is 34.0. The summed E-state index contributed by atoms with van der Waals surface area (Å²) in [6.07, 6.45) is -0.235. The third-order valence-electron chi connectivity index (χ3n) is 9.10. The Hall–Kier alpha value is -5.33. The molecule has 0 spiro atoms. The Labute approximate surface area is 283 Å². The van der Waals surface area contributed by atoms with E-state index in [9.17, 15) is 14.7 Å². The monoisotopic (exact) mass is 660 g/mol. The van der Waals surface area contributed by atoms with Crippen molar-refractivity contribution in [1.82, 2.24) is 14.9 Å². The predicted octanol–water partition coefficient (Wildman–Crippen LogP) is 4.66. The Morgan fingerprint density at radius 1 is 0.939 bits per heavy atom. The van der Waals surface area contributed by atoms with E-state index in [0.29, 0.717) is 12.1 Å². The highest BCUT2D eigenvalue weighted by Gasteiger charge is 2.60. The van der Waals surface area contributed by atoms with Gasteiger partial charge in [-0.1, -0.05) is 54.6 Å². The quantitative estimate of drug-likeness (QED) is 0.185. The van der Waals surface area contributed by atoms with Gasteiger partial charge >= 0.3 is 5.69 Å². The van der Waals surface area contributed by atoms with Gasteiger partial charge in [0.25, 0.3) is 5.91 Å². The predicted molar refractivity (Wildman–Crippen MR) is 184 cm³/mol. The van der Waals surface area contributed by atoms with Crippen LogP contribution >= 0.6 is 0 Å². The van der Waals surface area contributed by atoms with Gasteiger partial charge in [0.2, 0.25) is 0 Å². The number of ether oxygens (including phenoxy) is 4. The van der Waals surface area contributed by atoms with Gasteiger partial charge in [-0.05, 0) is 76.3 Å². The minimum atomic E-state index is -1.07. The van der Waals surface area contributed by atoms with E-state index >= 15 is 0 Å². The Morgan fingerprint density at radius 3 is 2.29 bits per heavy atom. The summed E-state index contributed by atoms with van der Waals surface area (Å²) in [5.41, 5.74) is 3.81. The summed E-state index contributed by atoms with van der Waals surface area (Å²) >= 11 is 0. The summed E-state index contributed by atoms with van der Waals surface area (Å²) in [7, 11) is 3.28. The molecule has 7 rings (SSSR count). The number of aliphatic hydroxyl groups is 1. The first kappa shape index (κ1) is 32.2. The van der Waals surface area contributed by atoms with Gasteiger partial charge in [0.15, 0.2) is 6.23 Å². The molecule has 250 valence electrons. The SMILES string of the molecule is COc1ccc(-c2ccc(COC[C@@]34CN[C@@H]([C@H](n5ccc(NC(=O)c6ccccc6)nc5=O)O3)[C@@H]4O)c(-c3ccc(OC)cc3)c2)cc1. The van der Waals surface area contributed by atoms with Gasteiger partial charge in [-0.3, -0.25) is 9.36 Å². The summed E-state index contributed by atoms with van der Waals surface area (Å²) in [4.78, 5) is 29.7. The summed E-state index contributed by atoms with van der Waals surface area (Å²) in [6.45, 7) is 0.697. The van der Waals surface area contributed by atoms with Crippen LogP contribution in [0.5, 0.6) is 11.5 Å². The zero-order valence-corrected chi connectivity index (χ0v) is 27.0. The zero-order valence-electron chi connectivity index (χ0n) is 27.0. The number of morpholine rings is 1. The van der Waals surface area contributed by atoms with Gasteiger partial charge in [-0.15, -0.1) is 0 Å². The lowest BCUT2D eigenvalue weighted by Crippen LogP contribution is -2.48. The van der Waals surface area contributed by atoms with Crippen molar-refractivity contribution < 1.29 is 28.8 Å². The Bertz CT molecular complexity index is 2000. The van der Waals surface area contributed by atoms with Crippen molar-refractivity contribution >= 4 is 11.7 Å². The first-order chi connectivity index (χ1) is 23.9. The highest BCUT2D eigenvalue weighted by atomic mass is 16.6. The highest BCUT2D eigenvalue weighted by Crippen LogP contribution is 2.42. The molecule has 2 saturated heterocycles. The number of nitrogens with zero attached hydrogens (tertiary/aromatic N) is 2. The van der Waals surface area contributed by atoms with Crippen LogP contribution in [0.4, 0.5) is 5.82 Å². The third-order valence-corrected chi connectivity index (χ3v) is 9.10. The number of amides is 1. The minimum Gasteiger partial charge on any atom is -0.497 e. The van der Waals surface area contributed by atoms with Crippen LogP contribution < -0.4 is 25.8 Å². The van der Waals surface area contributed by atoms with Gasteiger partial charge in [0.1, 0.15) is 29.0 Å². The van der Waals surface area contributed by atoms with Crippen LogP contribution in [0, 0.1) is 0 Å². The molecule has 2 aliphatic heterocycles. The molecule has 49 heavy (non-hydrogen) atoms. The molecular formula is C38H36N4O7. The average molecular weight is 661 g/mol. The van der Waals surface area contributed by atoms with Gasteiger partial charge in [0, 0.05) is 18.3 Å². The molecular weight excluding hydrogens is 624 g/mol. The Morgan fingerprint density at radius 2 is 1.61 bits per heavy atom. The second kappa shape index (κ2) is 13.7. The maximum atomic E-state index is 13.1. The summed E-state index contributed by atoms with van der Waals surface area (Å²) < 4.78 is 24.7. The van der Waals surface area contributed by atoms with Crippen molar-refractivity contribution in [1.29, 1.82) is 0 Å². The van der Waals surface area contributed by atoms with E-state index in [1.54, 1.807) is 38.5 Å². The molecule has 3 heterocycles. The van der Waals surface area contributed by atoms with Gasteiger partial charge in [0.05, 0.1) is 33.5 Å². The van der Waals surface area contributed by atoms with Gasteiger partial charge < -0.3 is 34.7 Å². The summed E-state index contributed by atoms with van der Waals surface area (Å²) in [5.74, 6) is 1.30. The molecule has 3 N–H and O–H groups in total. The van der Waals surface area contributed by atoms with Crippen LogP contribution in [0.25, 0.3) is 22.3 Å². The van der Waals surface area contributed by atoms with Crippen molar-refractivity contribution in [3.05, 3.63) is 131 Å². The maximum Gasteiger partial charge on any atom is 0.351 e. The molecule has 2 bridgehead atoms. The van der Waals surface area contributed by atoms with Crippen molar-refractivity contribution in [3.63, 3.8) is 0 Å². The number of methoxy groups -OCH3 is 2. The molecule has 11 nitrogen and oxygen atoms in total. The van der Waals surface area contributed by atoms with Crippen LogP contribution in [0.2, 0.25) is 0 Å². The molecule has 0 aliphatic carbocycles.